The molecule has 1 amide bonds. The highest BCUT2D eigenvalue weighted by atomic mass is 32.1. The zero-order valence-electron chi connectivity index (χ0n) is 14.4. The number of carbonyl (C=O) groups is 1. The second kappa shape index (κ2) is 6.80. The minimum absolute atomic E-state index is 0.272. The Hall–Kier alpha value is -2.87. The van der Waals surface area contributed by atoms with Gasteiger partial charge in [0, 0.05) is 22.6 Å². The average Bonchev–Trinajstić information content (AvgIpc) is 3.21. The number of aromatic nitrogens is 3. The van der Waals surface area contributed by atoms with Crippen LogP contribution in [-0.2, 0) is 0 Å². The Morgan fingerprint density at radius 1 is 1.27 bits per heavy atom. The molecule has 26 heavy (non-hydrogen) atoms. The Kier molecular flexibility index (Phi) is 4.34. The Bertz CT molecular complexity index is 946. The highest BCUT2D eigenvalue weighted by Gasteiger charge is 2.26. The van der Waals surface area contributed by atoms with Crippen molar-refractivity contribution in [1.29, 1.82) is 0 Å². The minimum Gasteiger partial charge on any atom is -0.497 e. The maximum atomic E-state index is 12.4. The molecule has 0 unspecified atom stereocenters. The topological polar surface area (TPSA) is 89.1 Å². The lowest BCUT2D eigenvalue weighted by Gasteiger charge is -2.08. The summed E-state index contributed by atoms with van der Waals surface area (Å²) in [6.45, 7) is 0. The molecule has 0 bridgehead atoms. The molecule has 0 saturated heterocycles. The molecule has 3 aromatic rings. The average molecular weight is 370 g/mol. The van der Waals surface area contributed by atoms with Crippen molar-refractivity contribution in [3.05, 3.63) is 41.0 Å². The van der Waals surface area contributed by atoms with E-state index in [1.54, 1.807) is 14.2 Å². The molecule has 0 aliphatic heterocycles. The Morgan fingerprint density at radius 2 is 2.12 bits per heavy atom. The van der Waals surface area contributed by atoms with E-state index in [4.69, 9.17) is 9.47 Å². The third-order valence-electron chi connectivity index (χ3n) is 4.25. The number of nitrogens with zero attached hydrogens (tertiary/aromatic N) is 2. The number of anilines is 1. The number of methoxy groups -OCH3 is 2. The summed E-state index contributed by atoms with van der Waals surface area (Å²) in [5, 5.41) is 12.2. The van der Waals surface area contributed by atoms with Gasteiger partial charge in [-0.25, -0.2) is 4.98 Å². The van der Waals surface area contributed by atoms with Gasteiger partial charge in [-0.1, -0.05) is 0 Å². The highest BCUT2D eigenvalue weighted by molar-refractivity contribution is 7.14. The van der Waals surface area contributed by atoms with Crippen molar-refractivity contribution in [2.24, 2.45) is 0 Å². The van der Waals surface area contributed by atoms with Gasteiger partial charge in [0.15, 0.2) is 10.8 Å². The summed E-state index contributed by atoms with van der Waals surface area (Å²) in [7, 11) is 3.22. The quantitative estimate of drug-likeness (QED) is 0.691. The number of ether oxygens (including phenoxy) is 2. The number of hydrogen-bond acceptors (Lipinski definition) is 6. The number of hydrogen-bond donors (Lipinski definition) is 2. The lowest BCUT2D eigenvalue weighted by molar-refractivity contribution is 0.102. The molecule has 4 rings (SSSR count). The SMILES string of the molecule is COc1ccc(OC)c(-c2csc(NC(=O)c3cc(C4CC4)[nH]n3)n2)c1. The number of aromatic amines is 1. The first-order valence-corrected chi connectivity index (χ1v) is 9.10. The Morgan fingerprint density at radius 3 is 2.85 bits per heavy atom. The summed E-state index contributed by atoms with van der Waals surface area (Å²) < 4.78 is 10.7. The zero-order chi connectivity index (χ0) is 18.1. The predicted molar refractivity (Wildman–Crippen MR) is 99.2 cm³/mol. The van der Waals surface area contributed by atoms with Crippen LogP contribution in [0.2, 0.25) is 0 Å². The number of thiazole rings is 1. The number of nitrogens with one attached hydrogen (secondary N) is 2. The Balaban J connectivity index is 1.53. The van der Waals surface area contributed by atoms with Gasteiger partial charge >= 0.3 is 0 Å². The van der Waals surface area contributed by atoms with Crippen LogP contribution in [0, 0.1) is 0 Å². The van der Waals surface area contributed by atoms with Crippen LogP contribution in [-0.4, -0.2) is 35.3 Å². The van der Waals surface area contributed by atoms with E-state index in [1.165, 1.54) is 11.3 Å². The van der Waals surface area contributed by atoms with Gasteiger partial charge in [0.1, 0.15) is 11.5 Å². The van der Waals surface area contributed by atoms with E-state index in [9.17, 15) is 4.79 Å². The Labute approximate surface area is 154 Å². The van der Waals surface area contributed by atoms with Crippen molar-refractivity contribution in [1.82, 2.24) is 15.2 Å². The number of H-pyrrole nitrogens is 1. The van der Waals surface area contributed by atoms with Crippen molar-refractivity contribution >= 4 is 22.4 Å². The fraction of sp³-hybridized carbons (Fsp3) is 0.278. The van der Waals surface area contributed by atoms with Gasteiger partial charge in [-0.15, -0.1) is 11.3 Å². The molecule has 1 saturated carbocycles. The van der Waals surface area contributed by atoms with E-state index < -0.39 is 0 Å². The third kappa shape index (κ3) is 3.28. The molecule has 1 aromatic carbocycles. The number of benzene rings is 1. The van der Waals surface area contributed by atoms with E-state index in [1.807, 2.05) is 29.6 Å². The second-order valence-corrected chi connectivity index (χ2v) is 6.90. The summed E-state index contributed by atoms with van der Waals surface area (Å²) in [5.74, 6) is 1.65. The molecular weight excluding hydrogens is 352 g/mol. The summed E-state index contributed by atoms with van der Waals surface area (Å²) in [4.78, 5) is 16.9. The van der Waals surface area contributed by atoms with Gasteiger partial charge in [0.25, 0.3) is 5.91 Å². The number of rotatable bonds is 6. The van der Waals surface area contributed by atoms with Crippen LogP contribution in [0.3, 0.4) is 0 Å². The van der Waals surface area contributed by atoms with Gasteiger partial charge in [0.05, 0.1) is 19.9 Å². The molecule has 2 N–H and O–H groups in total. The first-order valence-electron chi connectivity index (χ1n) is 8.22. The van der Waals surface area contributed by atoms with Crippen LogP contribution in [0.5, 0.6) is 11.5 Å². The van der Waals surface area contributed by atoms with Gasteiger partial charge in [-0.3, -0.25) is 15.2 Å². The van der Waals surface area contributed by atoms with Crippen LogP contribution < -0.4 is 14.8 Å². The molecule has 0 atom stereocenters. The molecule has 7 nitrogen and oxygen atoms in total. The minimum atomic E-state index is -0.272. The first kappa shape index (κ1) is 16.6. The maximum Gasteiger partial charge on any atom is 0.277 e. The fourth-order valence-electron chi connectivity index (χ4n) is 2.69. The monoisotopic (exact) mass is 370 g/mol. The molecule has 8 heteroatoms. The normalized spacial score (nSPS) is 13.5. The zero-order valence-corrected chi connectivity index (χ0v) is 15.2. The standard InChI is InChI=1S/C18H18N4O3S/c1-24-11-5-6-16(25-2)12(7-11)15-9-26-18(19-15)20-17(23)14-8-13(21-22-14)10-3-4-10/h5-10H,3-4H2,1-2H3,(H,21,22)(H,19,20,23). The van der Waals surface area contributed by atoms with Crippen LogP contribution in [0.15, 0.2) is 29.6 Å². The van der Waals surface area contributed by atoms with Gasteiger partial charge < -0.3 is 9.47 Å². The second-order valence-electron chi connectivity index (χ2n) is 6.04. The van der Waals surface area contributed by atoms with E-state index in [0.717, 1.165) is 24.1 Å². The molecule has 0 spiro atoms. The molecular formula is C18H18N4O3S. The smallest absolute Gasteiger partial charge is 0.277 e. The van der Waals surface area contributed by atoms with E-state index in [0.29, 0.717) is 33.9 Å². The van der Waals surface area contributed by atoms with Crippen LogP contribution in [0.25, 0.3) is 11.3 Å². The van der Waals surface area contributed by atoms with Crippen molar-refractivity contribution < 1.29 is 14.3 Å². The van der Waals surface area contributed by atoms with Gasteiger partial charge in [0.2, 0.25) is 0 Å². The summed E-state index contributed by atoms with van der Waals surface area (Å²) >= 11 is 1.35. The van der Waals surface area contributed by atoms with E-state index in [-0.39, 0.29) is 5.91 Å². The predicted octanol–water partition coefficient (Wildman–Crippen LogP) is 3.68. The van der Waals surface area contributed by atoms with E-state index >= 15 is 0 Å². The molecule has 134 valence electrons. The molecule has 2 aromatic heterocycles. The van der Waals surface area contributed by atoms with Gasteiger partial charge in [-0.05, 0) is 37.1 Å². The van der Waals surface area contributed by atoms with Crippen molar-refractivity contribution in [2.45, 2.75) is 18.8 Å². The van der Waals surface area contributed by atoms with Crippen molar-refractivity contribution in [3.63, 3.8) is 0 Å². The summed E-state index contributed by atoms with van der Waals surface area (Å²) in [6, 6.07) is 7.32. The summed E-state index contributed by atoms with van der Waals surface area (Å²) in [6.07, 6.45) is 2.31. The number of amides is 1. The molecule has 1 aliphatic rings. The van der Waals surface area contributed by atoms with Gasteiger partial charge in [-0.2, -0.15) is 5.10 Å². The summed E-state index contributed by atoms with van der Waals surface area (Å²) in [5.41, 5.74) is 2.92. The number of carbonyl (C=O) groups excluding carboxylic acids is 1. The maximum absolute atomic E-state index is 12.4. The molecule has 2 heterocycles. The van der Waals surface area contributed by atoms with Crippen LogP contribution >= 0.6 is 11.3 Å². The van der Waals surface area contributed by atoms with Crippen molar-refractivity contribution in [2.75, 3.05) is 19.5 Å². The lowest BCUT2D eigenvalue weighted by Crippen LogP contribution is -2.12. The highest BCUT2D eigenvalue weighted by Crippen LogP contribution is 2.39. The molecule has 0 radical (unpaired) electrons. The third-order valence-corrected chi connectivity index (χ3v) is 5.01. The van der Waals surface area contributed by atoms with E-state index in [2.05, 4.69) is 20.5 Å². The van der Waals surface area contributed by atoms with Crippen LogP contribution in [0.1, 0.15) is 34.9 Å². The van der Waals surface area contributed by atoms with Crippen molar-refractivity contribution in [3.8, 4) is 22.8 Å². The molecule has 1 aliphatic carbocycles. The fourth-order valence-corrected chi connectivity index (χ4v) is 3.39. The lowest BCUT2D eigenvalue weighted by atomic mass is 10.1. The van der Waals surface area contributed by atoms with Crippen LogP contribution in [0.4, 0.5) is 5.13 Å². The largest absolute Gasteiger partial charge is 0.497 e. The first-order chi connectivity index (χ1) is 12.7. The molecule has 1 fully saturated rings.